The number of carbonyl (C=O) groups is 4. The first-order chi connectivity index (χ1) is 20.9. The molecule has 258 valence electrons. The Bertz CT molecular complexity index is 1050. The summed E-state index contributed by atoms with van der Waals surface area (Å²) in [5, 5.41) is 15.8. The molecule has 0 aliphatic carbocycles. The summed E-state index contributed by atoms with van der Waals surface area (Å²) in [5.41, 5.74) is -0.0629. The summed E-state index contributed by atoms with van der Waals surface area (Å²) in [5.74, 6) is -0.462. The summed E-state index contributed by atoms with van der Waals surface area (Å²) in [4.78, 5) is 60.1. The maximum Gasteiger partial charge on any atom is 0.249 e. The number of nitrogens with zero attached hydrogens (tertiary/aromatic N) is 3. The van der Waals surface area contributed by atoms with Gasteiger partial charge in [-0.1, -0.05) is 61.0 Å². The summed E-state index contributed by atoms with van der Waals surface area (Å²) >= 11 is 0. The topological polar surface area (TPSA) is 122 Å². The van der Waals surface area contributed by atoms with Crippen LogP contribution < -0.4 is 10.6 Å². The number of rotatable bonds is 13. The molecule has 0 radical (unpaired) electrons. The van der Waals surface area contributed by atoms with Crippen LogP contribution in [0.1, 0.15) is 108 Å². The van der Waals surface area contributed by atoms with Crippen LogP contribution in [-0.4, -0.2) is 106 Å². The van der Waals surface area contributed by atoms with Crippen LogP contribution in [0.2, 0.25) is 0 Å². The number of aliphatic hydroxyl groups excluding tert-OH is 1. The number of piperidine rings is 1. The van der Waals surface area contributed by atoms with Crippen molar-refractivity contribution < 1.29 is 24.3 Å². The summed E-state index contributed by atoms with van der Waals surface area (Å²) in [6.45, 7) is 21.1. The van der Waals surface area contributed by atoms with Crippen molar-refractivity contribution in [1.29, 1.82) is 0 Å². The van der Waals surface area contributed by atoms with E-state index >= 15 is 0 Å². The highest BCUT2D eigenvalue weighted by atomic mass is 16.3. The van der Waals surface area contributed by atoms with Gasteiger partial charge in [0, 0.05) is 25.2 Å². The fourth-order valence-electron chi connectivity index (χ4n) is 6.72. The molecular weight excluding hydrogens is 570 g/mol. The Hall–Kier alpha value is -2.46. The Morgan fingerprint density at radius 1 is 0.911 bits per heavy atom. The van der Waals surface area contributed by atoms with Gasteiger partial charge in [-0.25, -0.2) is 0 Å². The van der Waals surface area contributed by atoms with Gasteiger partial charge in [0.15, 0.2) is 0 Å². The zero-order valence-electron chi connectivity index (χ0n) is 30.0. The highest BCUT2D eigenvalue weighted by molar-refractivity contribution is 5.97. The number of aliphatic hydroxyl groups is 1. The van der Waals surface area contributed by atoms with Crippen LogP contribution in [0.5, 0.6) is 0 Å². The SMILES string of the molecule is CC(=C[C@H](C(C)C)N(C)C(=O)[C@@H](NC(=O)[C@H]1CCCCN1C(C)C)C(C)(C)C)C(=O)N1CCC[C@H]1C(=O)N[C@H](CO)CC(C)C. The third kappa shape index (κ3) is 10.5. The van der Waals surface area contributed by atoms with Crippen molar-refractivity contribution in [3.63, 3.8) is 0 Å². The van der Waals surface area contributed by atoms with Crippen molar-refractivity contribution in [2.75, 3.05) is 26.7 Å². The van der Waals surface area contributed by atoms with Crippen LogP contribution in [0.3, 0.4) is 0 Å². The minimum Gasteiger partial charge on any atom is -0.394 e. The zero-order chi connectivity index (χ0) is 34.2. The molecule has 0 unspecified atom stereocenters. The second-order valence-electron chi connectivity index (χ2n) is 15.4. The molecule has 2 heterocycles. The second kappa shape index (κ2) is 16.9. The molecule has 2 aliphatic heterocycles. The molecule has 0 aromatic rings. The van der Waals surface area contributed by atoms with Gasteiger partial charge < -0.3 is 25.5 Å². The summed E-state index contributed by atoms with van der Waals surface area (Å²) in [6, 6.07) is -2.10. The van der Waals surface area contributed by atoms with Crippen molar-refractivity contribution >= 4 is 23.6 Å². The average molecular weight is 634 g/mol. The van der Waals surface area contributed by atoms with Gasteiger partial charge in [-0.15, -0.1) is 0 Å². The first kappa shape index (κ1) is 38.7. The first-order valence-corrected chi connectivity index (χ1v) is 17.1. The van der Waals surface area contributed by atoms with Crippen LogP contribution in [0, 0.1) is 17.3 Å². The second-order valence-corrected chi connectivity index (χ2v) is 15.4. The van der Waals surface area contributed by atoms with E-state index < -0.39 is 23.5 Å². The Kier molecular flexibility index (Phi) is 14.6. The highest BCUT2D eigenvalue weighted by Crippen LogP contribution is 2.27. The summed E-state index contributed by atoms with van der Waals surface area (Å²) in [6.07, 6.45) is 6.61. The lowest BCUT2D eigenvalue weighted by atomic mass is 9.84. The fraction of sp³-hybridized carbons (Fsp3) is 0.829. The summed E-state index contributed by atoms with van der Waals surface area (Å²) in [7, 11) is 1.74. The van der Waals surface area contributed by atoms with Gasteiger partial charge in [0.2, 0.25) is 23.6 Å². The van der Waals surface area contributed by atoms with E-state index in [9.17, 15) is 24.3 Å². The number of likely N-dealkylation sites (tertiary alicyclic amines) is 2. The Morgan fingerprint density at radius 3 is 2.04 bits per heavy atom. The van der Waals surface area contributed by atoms with Crippen molar-refractivity contribution in [3.8, 4) is 0 Å². The Labute approximate surface area is 272 Å². The van der Waals surface area contributed by atoms with Gasteiger partial charge in [-0.2, -0.15) is 0 Å². The van der Waals surface area contributed by atoms with Crippen molar-refractivity contribution in [2.45, 2.75) is 144 Å². The van der Waals surface area contributed by atoms with Gasteiger partial charge >= 0.3 is 0 Å². The number of amides is 4. The predicted octanol–water partition coefficient (Wildman–Crippen LogP) is 3.72. The summed E-state index contributed by atoms with van der Waals surface area (Å²) < 4.78 is 0. The lowest BCUT2D eigenvalue weighted by Crippen LogP contribution is -2.60. The molecule has 2 saturated heterocycles. The van der Waals surface area contributed by atoms with E-state index in [0.717, 1.165) is 32.2 Å². The van der Waals surface area contributed by atoms with E-state index in [1.54, 1.807) is 23.8 Å². The monoisotopic (exact) mass is 633 g/mol. The minimum absolute atomic E-state index is 0.00758. The van der Waals surface area contributed by atoms with Gasteiger partial charge in [-0.3, -0.25) is 24.1 Å². The maximum absolute atomic E-state index is 14.1. The van der Waals surface area contributed by atoms with Crippen LogP contribution in [-0.2, 0) is 19.2 Å². The van der Waals surface area contributed by atoms with Crippen LogP contribution in [0.25, 0.3) is 0 Å². The number of hydrogen-bond donors (Lipinski definition) is 3. The Morgan fingerprint density at radius 2 is 1.51 bits per heavy atom. The third-order valence-electron chi connectivity index (χ3n) is 9.28. The van der Waals surface area contributed by atoms with E-state index in [1.807, 2.05) is 54.5 Å². The largest absolute Gasteiger partial charge is 0.394 e. The molecule has 0 aromatic carbocycles. The Balaban J connectivity index is 2.25. The van der Waals surface area contributed by atoms with Gasteiger partial charge in [-0.05, 0) is 76.7 Å². The number of nitrogens with one attached hydrogen (secondary N) is 2. The molecule has 0 spiro atoms. The quantitative estimate of drug-likeness (QED) is 0.266. The average Bonchev–Trinajstić information content (AvgIpc) is 3.46. The zero-order valence-corrected chi connectivity index (χ0v) is 30.0. The van der Waals surface area contributed by atoms with Crippen LogP contribution >= 0.6 is 0 Å². The van der Waals surface area contributed by atoms with E-state index in [1.165, 1.54) is 0 Å². The molecule has 45 heavy (non-hydrogen) atoms. The molecule has 2 aliphatic rings. The van der Waals surface area contributed by atoms with E-state index in [4.69, 9.17) is 0 Å². The van der Waals surface area contributed by atoms with E-state index in [-0.39, 0.29) is 54.3 Å². The fourth-order valence-corrected chi connectivity index (χ4v) is 6.72. The molecule has 3 N–H and O–H groups in total. The normalized spacial score (nSPS) is 22.0. The van der Waals surface area contributed by atoms with Gasteiger partial charge in [0.25, 0.3) is 0 Å². The number of hydrogen-bond acceptors (Lipinski definition) is 6. The van der Waals surface area contributed by atoms with Gasteiger partial charge in [0.05, 0.1) is 24.7 Å². The van der Waals surface area contributed by atoms with Gasteiger partial charge in [0.1, 0.15) is 12.1 Å². The molecular formula is C35H63N5O5. The van der Waals surface area contributed by atoms with Crippen molar-refractivity contribution in [2.24, 2.45) is 17.3 Å². The van der Waals surface area contributed by atoms with Crippen molar-refractivity contribution in [3.05, 3.63) is 11.6 Å². The minimum atomic E-state index is -0.742. The molecule has 5 atom stereocenters. The first-order valence-electron chi connectivity index (χ1n) is 17.1. The molecule has 0 saturated carbocycles. The third-order valence-corrected chi connectivity index (χ3v) is 9.28. The molecule has 4 amide bonds. The lowest BCUT2D eigenvalue weighted by Gasteiger charge is -2.41. The standard InChI is InChI=1S/C35H63N5O5/c1-22(2)19-26(21-41)36-31(42)28-16-14-18-40(28)33(44)25(7)20-29(23(3)4)38(11)34(45)30(35(8,9)10)37-32(43)27-15-12-13-17-39(27)24(5)6/h20,22-24,26-30,41H,12-19,21H2,1-11H3,(H,36,42)(H,37,43)/t26-,27+,28-,29+,30+/m0/s1. The molecule has 2 rings (SSSR count). The molecule has 2 fully saturated rings. The lowest BCUT2D eigenvalue weighted by molar-refractivity contribution is -0.142. The van der Waals surface area contributed by atoms with E-state index in [2.05, 4.69) is 29.4 Å². The molecule has 10 nitrogen and oxygen atoms in total. The molecule has 10 heteroatoms. The molecule has 0 bridgehead atoms. The van der Waals surface area contributed by atoms with Crippen LogP contribution in [0.15, 0.2) is 11.6 Å². The highest BCUT2D eigenvalue weighted by Gasteiger charge is 2.40. The number of carbonyl (C=O) groups excluding carboxylic acids is 4. The number of likely N-dealkylation sites (N-methyl/N-ethyl adjacent to an activating group) is 1. The van der Waals surface area contributed by atoms with E-state index in [0.29, 0.717) is 30.9 Å². The predicted molar refractivity (Wildman–Crippen MR) is 179 cm³/mol. The van der Waals surface area contributed by atoms with Crippen molar-refractivity contribution in [1.82, 2.24) is 25.3 Å². The smallest absolute Gasteiger partial charge is 0.249 e. The van der Waals surface area contributed by atoms with Crippen LogP contribution in [0.4, 0.5) is 0 Å². The maximum atomic E-state index is 14.1. The molecule has 0 aromatic heterocycles.